The molecular formula is C22H27FN6O2S. The SMILES string of the molecule is Cc1cc(C)nc(SCc2c(C(=O)NCCCOC(C)C)nnn2-c2ccc(F)cc2)n1. The summed E-state index contributed by atoms with van der Waals surface area (Å²) in [7, 11) is 0. The zero-order chi connectivity index (χ0) is 23.1. The minimum absolute atomic E-state index is 0.150. The number of rotatable bonds is 10. The second kappa shape index (κ2) is 11.1. The lowest BCUT2D eigenvalue weighted by molar-refractivity contribution is 0.0756. The fraction of sp³-hybridized carbons (Fsp3) is 0.409. The number of halogens is 1. The fourth-order valence-corrected chi connectivity index (χ4v) is 3.91. The number of carbonyl (C=O) groups is 1. The molecule has 0 radical (unpaired) electrons. The predicted molar refractivity (Wildman–Crippen MR) is 120 cm³/mol. The molecular weight excluding hydrogens is 431 g/mol. The van der Waals surface area contributed by atoms with Gasteiger partial charge in [-0.25, -0.2) is 19.0 Å². The lowest BCUT2D eigenvalue weighted by atomic mass is 10.2. The number of nitrogens with one attached hydrogen (secondary N) is 1. The van der Waals surface area contributed by atoms with Crippen LogP contribution in [0.4, 0.5) is 4.39 Å². The summed E-state index contributed by atoms with van der Waals surface area (Å²) in [5.41, 5.74) is 3.15. The summed E-state index contributed by atoms with van der Waals surface area (Å²) >= 11 is 1.39. The number of aromatic nitrogens is 5. The highest BCUT2D eigenvalue weighted by Crippen LogP contribution is 2.23. The van der Waals surface area contributed by atoms with Crippen LogP contribution < -0.4 is 5.32 Å². The van der Waals surface area contributed by atoms with Crippen LogP contribution in [0.15, 0.2) is 35.5 Å². The van der Waals surface area contributed by atoms with E-state index in [4.69, 9.17) is 4.74 Å². The second-order valence-corrected chi connectivity index (χ2v) is 8.47. The van der Waals surface area contributed by atoms with Crippen LogP contribution in [0.1, 0.15) is 47.8 Å². The Bertz CT molecular complexity index is 1030. The quantitative estimate of drug-likeness (QED) is 0.281. The Balaban J connectivity index is 1.79. The molecule has 0 spiro atoms. The van der Waals surface area contributed by atoms with Gasteiger partial charge in [0, 0.05) is 30.3 Å². The van der Waals surface area contributed by atoms with Crippen molar-refractivity contribution in [1.29, 1.82) is 0 Å². The highest BCUT2D eigenvalue weighted by atomic mass is 32.2. The monoisotopic (exact) mass is 458 g/mol. The summed E-state index contributed by atoms with van der Waals surface area (Å²) in [5.74, 6) is -0.304. The number of hydrogen-bond donors (Lipinski definition) is 1. The minimum Gasteiger partial charge on any atom is -0.379 e. The molecule has 0 fully saturated rings. The maximum atomic E-state index is 13.4. The van der Waals surface area contributed by atoms with Crippen LogP contribution in [0.2, 0.25) is 0 Å². The maximum Gasteiger partial charge on any atom is 0.273 e. The molecule has 8 nitrogen and oxygen atoms in total. The average Bonchev–Trinajstić information content (AvgIpc) is 3.15. The van der Waals surface area contributed by atoms with Gasteiger partial charge in [-0.3, -0.25) is 4.79 Å². The Morgan fingerprint density at radius 3 is 2.53 bits per heavy atom. The third-order valence-corrected chi connectivity index (χ3v) is 5.27. The van der Waals surface area contributed by atoms with Gasteiger partial charge < -0.3 is 10.1 Å². The van der Waals surface area contributed by atoms with Gasteiger partial charge in [-0.15, -0.1) is 5.10 Å². The van der Waals surface area contributed by atoms with E-state index in [0.29, 0.717) is 41.9 Å². The van der Waals surface area contributed by atoms with Crippen LogP contribution in [-0.2, 0) is 10.5 Å². The zero-order valence-electron chi connectivity index (χ0n) is 18.6. The second-order valence-electron chi connectivity index (χ2n) is 7.52. The summed E-state index contributed by atoms with van der Waals surface area (Å²) in [6, 6.07) is 7.77. The number of benzene rings is 1. The molecule has 0 aliphatic heterocycles. The first-order valence-corrected chi connectivity index (χ1v) is 11.4. The van der Waals surface area contributed by atoms with E-state index in [1.165, 1.54) is 23.9 Å². The molecule has 1 aromatic carbocycles. The van der Waals surface area contributed by atoms with Crippen LogP contribution in [0.25, 0.3) is 5.69 Å². The van der Waals surface area contributed by atoms with Crippen molar-refractivity contribution >= 4 is 17.7 Å². The van der Waals surface area contributed by atoms with Gasteiger partial charge in [0.15, 0.2) is 10.9 Å². The summed E-state index contributed by atoms with van der Waals surface area (Å²) < 4.78 is 20.4. The maximum absolute atomic E-state index is 13.4. The number of thioether (sulfide) groups is 1. The van der Waals surface area contributed by atoms with Crippen LogP contribution in [0, 0.1) is 19.7 Å². The fourth-order valence-electron chi connectivity index (χ4n) is 2.97. The first kappa shape index (κ1) is 23.8. The van der Waals surface area contributed by atoms with E-state index in [0.717, 1.165) is 11.4 Å². The molecule has 0 saturated carbocycles. The molecule has 0 saturated heterocycles. The Morgan fingerprint density at radius 2 is 1.88 bits per heavy atom. The van der Waals surface area contributed by atoms with Gasteiger partial charge in [-0.05, 0) is 64.4 Å². The molecule has 0 aliphatic carbocycles. The van der Waals surface area contributed by atoms with Crippen LogP contribution in [0.3, 0.4) is 0 Å². The normalized spacial score (nSPS) is 11.2. The van der Waals surface area contributed by atoms with Crippen molar-refractivity contribution in [2.75, 3.05) is 13.2 Å². The lowest BCUT2D eigenvalue weighted by Crippen LogP contribution is -2.27. The first-order chi connectivity index (χ1) is 15.3. The van der Waals surface area contributed by atoms with Crippen LogP contribution in [-0.4, -0.2) is 50.1 Å². The molecule has 3 aromatic rings. The third-order valence-electron chi connectivity index (χ3n) is 4.41. The van der Waals surface area contributed by atoms with Crippen molar-refractivity contribution in [2.45, 2.75) is 51.1 Å². The number of amides is 1. The topological polar surface area (TPSA) is 94.8 Å². The van der Waals surface area contributed by atoms with E-state index in [9.17, 15) is 9.18 Å². The van der Waals surface area contributed by atoms with Gasteiger partial charge in [-0.2, -0.15) is 0 Å². The predicted octanol–water partition coefficient (Wildman–Crippen LogP) is 3.65. The highest BCUT2D eigenvalue weighted by molar-refractivity contribution is 7.98. The summed E-state index contributed by atoms with van der Waals surface area (Å²) in [5, 5.41) is 11.7. The largest absolute Gasteiger partial charge is 0.379 e. The van der Waals surface area contributed by atoms with Gasteiger partial charge in [0.2, 0.25) is 0 Å². The highest BCUT2D eigenvalue weighted by Gasteiger charge is 2.21. The molecule has 170 valence electrons. The number of carbonyl (C=O) groups excluding carboxylic acids is 1. The molecule has 3 rings (SSSR count). The lowest BCUT2D eigenvalue weighted by Gasteiger charge is -2.10. The first-order valence-electron chi connectivity index (χ1n) is 10.4. The van der Waals surface area contributed by atoms with E-state index >= 15 is 0 Å². The van der Waals surface area contributed by atoms with Gasteiger partial charge in [0.1, 0.15) is 5.82 Å². The number of nitrogens with zero attached hydrogens (tertiary/aromatic N) is 5. The standard InChI is InChI=1S/C22H27FN6O2S/c1-14(2)31-11-5-10-24-21(30)20-19(13-32-22-25-15(3)12-16(4)26-22)29(28-27-20)18-8-6-17(23)7-9-18/h6-9,12,14H,5,10-11,13H2,1-4H3,(H,24,30). The molecule has 32 heavy (non-hydrogen) atoms. The van der Waals surface area contributed by atoms with Crippen molar-refractivity contribution in [3.05, 3.63) is 58.9 Å². The molecule has 0 unspecified atom stereocenters. The third kappa shape index (κ3) is 6.57. The minimum atomic E-state index is -0.352. The van der Waals surface area contributed by atoms with Crippen LogP contribution in [0.5, 0.6) is 0 Å². The van der Waals surface area contributed by atoms with E-state index in [1.54, 1.807) is 16.8 Å². The Labute approximate surface area is 191 Å². The molecule has 10 heteroatoms. The summed E-state index contributed by atoms with van der Waals surface area (Å²) in [6.07, 6.45) is 0.841. The Kier molecular flexibility index (Phi) is 8.29. The number of aryl methyl sites for hydroxylation is 2. The molecule has 1 N–H and O–H groups in total. The van der Waals surface area contributed by atoms with E-state index in [1.807, 2.05) is 33.8 Å². The van der Waals surface area contributed by atoms with E-state index in [2.05, 4.69) is 25.6 Å². The van der Waals surface area contributed by atoms with Gasteiger partial charge >= 0.3 is 0 Å². The molecule has 2 aromatic heterocycles. The summed E-state index contributed by atoms with van der Waals surface area (Å²) in [4.78, 5) is 21.7. The summed E-state index contributed by atoms with van der Waals surface area (Å²) in [6.45, 7) is 8.77. The van der Waals surface area contributed by atoms with Crippen molar-refractivity contribution < 1.29 is 13.9 Å². The van der Waals surface area contributed by atoms with Crippen molar-refractivity contribution in [3.63, 3.8) is 0 Å². The smallest absolute Gasteiger partial charge is 0.273 e. The van der Waals surface area contributed by atoms with Gasteiger partial charge in [-0.1, -0.05) is 17.0 Å². The van der Waals surface area contributed by atoms with Crippen LogP contribution >= 0.6 is 11.8 Å². The zero-order valence-corrected chi connectivity index (χ0v) is 19.4. The van der Waals surface area contributed by atoms with E-state index in [-0.39, 0.29) is 23.5 Å². The molecule has 0 atom stereocenters. The number of hydrogen-bond acceptors (Lipinski definition) is 7. The molecule has 1 amide bonds. The van der Waals surface area contributed by atoms with Crippen molar-refractivity contribution in [3.8, 4) is 5.69 Å². The van der Waals surface area contributed by atoms with E-state index < -0.39 is 0 Å². The van der Waals surface area contributed by atoms with Gasteiger partial charge in [0.25, 0.3) is 5.91 Å². The Morgan fingerprint density at radius 1 is 1.19 bits per heavy atom. The van der Waals surface area contributed by atoms with Crippen molar-refractivity contribution in [2.24, 2.45) is 0 Å². The molecule has 0 aliphatic rings. The van der Waals surface area contributed by atoms with Gasteiger partial charge in [0.05, 0.1) is 17.5 Å². The molecule has 0 bridgehead atoms. The Hall–Kier alpha value is -2.85. The molecule has 2 heterocycles. The average molecular weight is 459 g/mol. The number of ether oxygens (including phenoxy) is 1. The van der Waals surface area contributed by atoms with Crippen molar-refractivity contribution in [1.82, 2.24) is 30.3 Å².